The van der Waals surface area contributed by atoms with E-state index in [4.69, 9.17) is 4.74 Å². The van der Waals surface area contributed by atoms with Crippen molar-refractivity contribution in [2.24, 2.45) is 0 Å². The number of hydrogen-bond donors (Lipinski definition) is 1. The quantitative estimate of drug-likeness (QED) is 0.862. The number of rotatable bonds is 6. The normalized spacial score (nSPS) is 17.5. The van der Waals surface area contributed by atoms with Gasteiger partial charge >= 0.3 is 0 Å². The molecule has 3 rings (SSSR count). The Balaban J connectivity index is 1.69. The van der Waals surface area contributed by atoms with Gasteiger partial charge in [-0.1, -0.05) is 6.07 Å². The maximum Gasteiger partial charge on any atom is 0.249 e. The zero-order chi connectivity index (χ0) is 17.1. The molecule has 24 heavy (non-hydrogen) atoms. The molecule has 1 saturated heterocycles. The predicted octanol–water partition coefficient (Wildman–Crippen LogP) is 2.22. The van der Waals surface area contributed by atoms with Gasteiger partial charge < -0.3 is 15.0 Å². The van der Waals surface area contributed by atoms with Crippen LogP contribution >= 0.6 is 11.5 Å². The standard InChI is InChI=1S/C15H16F2N4O2S/c1-23-8-6-12-19-15(24-20-12)18-11-5-7-21(14(11)22)13-9(16)3-2-4-10(13)17/h2-4,11H,5-8H2,1H3,(H,18,19,20). The smallest absolute Gasteiger partial charge is 0.249 e. The van der Waals surface area contributed by atoms with E-state index in [9.17, 15) is 13.6 Å². The minimum Gasteiger partial charge on any atom is -0.384 e. The molecule has 0 saturated carbocycles. The number of nitrogens with one attached hydrogen (secondary N) is 1. The van der Waals surface area contributed by atoms with Crippen LogP contribution in [0.2, 0.25) is 0 Å². The van der Waals surface area contributed by atoms with E-state index in [0.717, 1.165) is 28.6 Å². The van der Waals surface area contributed by atoms with Crippen LogP contribution < -0.4 is 10.2 Å². The molecule has 0 bridgehead atoms. The number of carbonyl (C=O) groups is 1. The molecule has 1 unspecified atom stereocenters. The van der Waals surface area contributed by atoms with Gasteiger partial charge in [0.1, 0.15) is 29.2 Å². The molecule has 1 aromatic carbocycles. The predicted molar refractivity (Wildman–Crippen MR) is 86.2 cm³/mol. The second kappa shape index (κ2) is 7.18. The Kier molecular flexibility index (Phi) is 5.00. The number of aromatic nitrogens is 2. The summed E-state index contributed by atoms with van der Waals surface area (Å²) in [6.45, 7) is 0.753. The second-order valence-corrected chi connectivity index (χ2v) is 6.06. The van der Waals surface area contributed by atoms with Crippen LogP contribution in [0.1, 0.15) is 12.2 Å². The maximum absolute atomic E-state index is 13.9. The van der Waals surface area contributed by atoms with E-state index >= 15 is 0 Å². The highest BCUT2D eigenvalue weighted by atomic mass is 32.1. The van der Waals surface area contributed by atoms with E-state index in [-0.39, 0.29) is 18.1 Å². The number of benzene rings is 1. The van der Waals surface area contributed by atoms with Crippen molar-refractivity contribution in [1.82, 2.24) is 9.36 Å². The molecule has 1 aliphatic rings. The number of ether oxygens (including phenoxy) is 1. The van der Waals surface area contributed by atoms with E-state index in [2.05, 4.69) is 14.7 Å². The van der Waals surface area contributed by atoms with Crippen molar-refractivity contribution in [3.05, 3.63) is 35.7 Å². The lowest BCUT2D eigenvalue weighted by atomic mass is 10.2. The fourth-order valence-corrected chi connectivity index (χ4v) is 3.20. The molecule has 0 radical (unpaired) electrons. The molecule has 6 nitrogen and oxygen atoms in total. The third-order valence-corrected chi connectivity index (χ3v) is 4.39. The van der Waals surface area contributed by atoms with E-state index in [1.807, 2.05) is 0 Å². The van der Waals surface area contributed by atoms with E-state index in [1.165, 1.54) is 6.07 Å². The van der Waals surface area contributed by atoms with Crippen molar-refractivity contribution in [2.75, 3.05) is 30.5 Å². The van der Waals surface area contributed by atoms with Crippen LogP contribution in [0.25, 0.3) is 0 Å². The van der Waals surface area contributed by atoms with Crippen LogP contribution in [-0.2, 0) is 16.0 Å². The Morgan fingerprint density at radius 2 is 2.17 bits per heavy atom. The van der Waals surface area contributed by atoms with Crippen molar-refractivity contribution >= 4 is 28.3 Å². The Bertz CT molecular complexity index is 720. The summed E-state index contributed by atoms with van der Waals surface area (Å²) in [7, 11) is 1.60. The minimum absolute atomic E-state index is 0.240. The lowest BCUT2D eigenvalue weighted by Gasteiger charge is -2.18. The van der Waals surface area contributed by atoms with Gasteiger partial charge in [0.25, 0.3) is 0 Å². The summed E-state index contributed by atoms with van der Waals surface area (Å²) in [4.78, 5) is 17.9. The molecule has 0 aliphatic carbocycles. The third kappa shape index (κ3) is 3.36. The van der Waals surface area contributed by atoms with Crippen LogP contribution in [0, 0.1) is 11.6 Å². The molecule has 1 aromatic heterocycles. The Labute approximate surface area is 141 Å². The lowest BCUT2D eigenvalue weighted by molar-refractivity contribution is -0.117. The van der Waals surface area contributed by atoms with Crippen molar-refractivity contribution in [3.8, 4) is 0 Å². The van der Waals surface area contributed by atoms with Crippen LogP contribution in [-0.4, -0.2) is 41.6 Å². The van der Waals surface area contributed by atoms with Crippen molar-refractivity contribution < 1.29 is 18.3 Å². The second-order valence-electron chi connectivity index (χ2n) is 5.30. The van der Waals surface area contributed by atoms with Crippen LogP contribution in [0.15, 0.2) is 18.2 Å². The van der Waals surface area contributed by atoms with Crippen LogP contribution in [0.4, 0.5) is 19.6 Å². The van der Waals surface area contributed by atoms with Gasteiger partial charge in [0, 0.05) is 31.6 Å². The number of halogens is 2. The summed E-state index contributed by atoms with van der Waals surface area (Å²) in [6.07, 6.45) is 1.01. The Morgan fingerprint density at radius 3 is 2.88 bits per heavy atom. The highest BCUT2D eigenvalue weighted by Gasteiger charge is 2.35. The van der Waals surface area contributed by atoms with Crippen molar-refractivity contribution in [1.29, 1.82) is 0 Å². The van der Waals surface area contributed by atoms with Gasteiger partial charge in [-0.2, -0.15) is 4.37 Å². The molecule has 128 valence electrons. The van der Waals surface area contributed by atoms with Crippen LogP contribution in [0.3, 0.4) is 0 Å². The molecule has 2 heterocycles. The molecule has 0 spiro atoms. The van der Waals surface area contributed by atoms with E-state index in [1.54, 1.807) is 7.11 Å². The average molecular weight is 354 g/mol. The molecular weight excluding hydrogens is 338 g/mol. The van der Waals surface area contributed by atoms with Crippen LogP contribution in [0.5, 0.6) is 0 Å². The molecule has 9 heteroatoms. The van der Waals surface area contributed by atoms with Gasteiger partial charge in [-0.3, -0.25) is 4.79 Å². The monoisotopic (exact) mass is 354 g/mol. The summed E-state index contributed by atoms with van der Waals surface area (Å²) in [5.74, 6) is -1.25. The first kappa shape index (κ1) is 16.7. The number of carbonyl (C=O) groups excluding carboxylic acids is 1. The average Bonchev–Trinajstić information content (AvgIpc) is 3.14. The Hall–Kier alpha value is -2.13. The summed E-state index contributed by atoms with van der Waals surface area (Å²) in [5, 5.41) is 3.50. The largest absolute Gasteiger partial charge is 0.384 e. The highest BCUT2D eigenvalue weighted by Crippen LogP contribution is 2.29. The van der Waals surface area contributed by atoms with Gasteiger partial charge in [-0.05, 0) is 18.6 Å². The fraction of sp³-hybridized carbons (Fsp3) is 0.400. The van der Waals surface area contributed by atoms with Crippen molar-refractivity contribution in [2.45, 2.75) is 18.9 Å². The summed E-state index contributed by atoms with van der Waals surface area (Å²) < 4.78 is 36.9. The highest BCUT2D eigenvalue weighted by molar-refractivity contribution is 7.09. The zero-order valence-corrected chi connectivity index (χ0v) is 13.8. The summed E-state index contributed by atoms with van der Waals surface area (Å²) >= 11 is 1.15. The first-order valence-electron chi connectivity index (χ1n) is 7.43. The van der Waals surface area contributed by atoms with Gasteiger partial charge in [-0.25, -0.2) is 13.8 Å². The SMILES string of the molecule is COCCc1nsc(NC2CCN(c3c(F)cccc3F)C2=O)n1. The first-order valence-corrected chi connectivity index (χ1v) is 8.21. The maximum atomic E-state index is 13.9. The van der Waals surface area contributed by atoms with Crippen molar-refractivity contribution in [3.63, 3.8) is 0 Å². The summed E-state index contributed by atoms with van der Waals surface area (Å²) in [6, 6.07) is 2.97. The molecule has 1 atom stereocenters. The number of para-hydroxylation sites is 1. The van der Waals surface area contributed by atoms with Gasteiger partial charge in [0.05, 0.1) is 6.61 Å². The molecule has 1 N–H and O–H groups in total. The van der Waals surface area contributed by atoms with Gasteiger partial charge in [-0.15, -0.1) is 0 Å². The number of hydrogen-bond acceptors (Lipinski definition) is 6. The summed E-state index contributed by atoms with van der Waals surface area (Å²) in [5.41, 5.74) is -0.301. The van der Waals surface area contributed by atoms with Gasteiger partial charge in [0.2, 0.25) is 11.0 Å². The number of methoxy groups -OCH3 is 1. The molecule has 2 aromatic rings. The molecule has 1 amide bonds. The number of nitrogens with zero attached hydrogens (tertiary/aromatic N) is 3. The molecular formula is C15H16F2N4O2S. The number of amides is 1. The lowest BCUT2D eigenvalue weighted by Crippen LogP contribution is -2.34. The van der Waals surface area contributed by atoms with E-state index < -0.39 is 17.7 Å². The Morgan fingerprint density at radius 1 is 1.42 bits per heavy atom. The third-order valence-electron chi connectivity index (χ3n) is 3.71. The molecule has 1 aliphatic heterocycles. The van der Waals surface area contributed by atoms with E-state index in [0.29, 0.717) is 30.4 Å². The first-order chi connectivity index (χ1) is 11.6. The number of anilines is 2. The van der Waals surface area contributed by atoms with Gasteiger partial charge in [0.15, 0.2) is 0 Å². The molecule has 1 fully saturated rings. The topological polar surface area (TPSA) is 67.3 Å². The minimum atomic E-state index is -0.748. The fourth-order valence-electron chi connectivity index (χ4n) is 2.54. The zero-order valence-electron chi connectivity index (χ0n) is 13.0.